The summed E-state index contributed by atoms with van der Waals surface area (Å²) in [6, 6.07) is 0. The summed E-state index contributed by atoms with van der Waals surface area (Å²) in [6.07, 6.45) is 11.8. The zero-order valence-electron chi connectivity index (χ0n) is 26.6. The molecule has 4 atom stereocenters. The quantitative estimate of drug-likeness (QED) is 0.142. The van der Waals surface area contributed by atoms with E-state index < -0.39 is 25.0 Å². The van der Waals surface area contributed by atoms with E-state index >= 15 is 0 Å². The molecule has 4 unspecified atom stereocenters. The molecule has 212 valence electrons. The molecule has 0 saturated heterocycles. The van der Waals surface area contributed by atoms with Crippen LogP contribution in [0.3, 0.4) is 0 Å². The van der Waals surface area contributed by atoms with Crippen molar-refractivity contribution in [2.75, 3.05) is 6.61 Å². The molecule has 0 spiro atoms. The largest absolute Gasteiger partial charge is 0.415 e. The second kappa shape index (κ2) is 15.8. The smallest absolute Gasteiger partial charge is 0.184 e. The molecule has 0 saturated carbocycles. The molecule has 0 aliphatic heterocycles. The van der Waals surface area contributed by atoms with Gasteiger partial charge in [-0.3, -0.25) is 0 Å². The van der Waals surface area contributed by atoms with Crippen molar-refractivity contribution >= 4 is 25.0 Å². The summed E-state index contributed by atoms with van der Waals surface area (Å²) < 4.78 is 20.1. The first kappa shape index (κ1) is 35.5. The van der Waals surface area contributed by atoms with Crippen LogP contribution in [0.25, 0.3) is 0 Å². The molecule has 0 bridgehead atoms. The summed E-state index contributed by atoms with van der Waals surface area (Å²) in [4.78, 5) is 0. The van der Waals surface area contributed by atoms with Crippen LogP contribution >= 0.6 is 0 Å². The number of rotatable bonds is 20. The standard InChI is InChI=1S/C29H66O3Si3/c1-25(2)18-15-19-26(3)20-16-21-27(4)22-17-23-29(5,32-35(12,13)14)28(31-34(9,10)11)24-30-33(6,7)8/h25-28H,15-24H2,1-14H3. The van der Waals surface area contributed by atoms with Crippen LogP contribution in [0.1, 0.15) is 92.4 Å². The highest BCUT2D eigenvalue weighted by atomic mass is 28.4. The second-order valence-corrected chi connectivity index (χ2v) is 28.4. The zero-order chi connectivity index (χ0) is 27.5. The molecule has 0 radical (unpaired) electrons. The van der Waals surface area contributed by atoms with Crippen molar-refractivity contribution in [3.63, 3.8) is 0 Å². The van der Waals surface area contributed by atoms with E-state index in [4.69, 9.17) is 13.3 Å². The second-order valence-electron chi connectivity index (χ2n) is 15.0. The first-order valence-electron chi connectivity index (χ1n) is 14.7. The molecule has 0 amide bonds. The lowest BCUT2D eigenvalue weighted by Crippen LogP contribution is -2.55. The Hall–Kier alpha value is 0.531. The fourth-order valence-electron chi connectivity index (χ4n) is 4.84. The van der Waals surface area contributed by atoms with Crippen LogP contribution in [0.5, 0.6) is 0 Å². The van der Waals surface area contributed by atoms with Crippen LogP contribution in [0.2, 0.25) is 58.9 Å². The summed E-state index contributed by atoms with van der Waals surface area (Å²) in [5.41, 5.74) is -0.283. The predicted molar refractivity (Wildman–Crippen MR) is 165 cm³/mol. The van der Waals surface area contributed by atoms with Crippen molar-refractivity contribution < 1.29 is 13.3 Å². The van der Waals surface area contributed by atoms with Gasteiger partial charge in [-0.05, 0) is 90.0 Å². The van der Waals surface area contributed by atoms with E-state index in [1.54, 1.807) is 0 Å². The van der Waals surface area contributed by atoms with Gasteiger partial charge >= 0.3 is 0 Å². The summed E-state index contributed by atoms with van der Waals surface area (Å²) in [5, 5.41) is 0. The van der Waals surface area contributed by atoms with Gasteiger partial charge in [-0.1, -0.05) is 79.1 Å². The Bertz CT molecular complexity index is 549. The van der Waals surface area contributed by atoms with Gasteiger partial charge in [-0.25, -0.2) is 0 Å². The minimum Gasteiger partial charge on any atom is -0.415 e. The van der Waals surface area contributed by atoms with Crippen LogP contribution in [0.4, 0.5) is 0 Å². The van der Waals surface area contributed by atoms with Gasteiger partial charge in [-0.2, -0.15) is 0 Å². The highest BCUT2D eigenvalue weighted by Crippen LogP contribution is 2.33. The zero-order valence-corrected chi connectivity index (χ0v) is 29.6. The van der Waals surface area contributed by atoms with Crippen molar-refractivity contribution in [3.05, 3.63) is 0 Å². The topological polar surface area (TPSA) is 27.7 Å². The fraction of sp³-hybridized carbons (Fsp3) is 1.00. The molecule has 0 aliphatic rings. The van der Waals surface area contributed by atoms with Crippen LogP contribution < -0.4 is 0 Å². The molecule has 0 aromatic carbocycles. The molecule has 0 heterocycles. The Labute approximate surface area is 225 Å². The van der Waals surface area contributed by atoms with Gasteiger partial charge in [0.2, 0.25) is 0 Å². The van der Waals surface area contributed by atoms with E-state index in [9.17, 15) is 0 Å². The number of hydrogen-bond donors (Lipinski definition) is 0. The third-order valence-corrected chi connectivity index (χ3v) is 9.73. The molecule has 6 heteroatoms. The Morgan fingerprint density at radius 1 is 0.600 bits per heavy atom. The minimum atomic E-state index is -1.74. The van der Waals surface area contributed by atoms with Gasteiger partial charge < -0.3 is 13.3 Å². The molecule has 0 fully saturated rings. The van der Waals surface area contributed by atoms with Crippen molar-refractivity contribution in [2.45, 2.75) is 163 Å². The van der Waals surface area contributed by atoms with Crippen molar-refractivity contribution in [2.24, 2.45) is 17.8 Å². The van der Waals surface area contributed by atoms with E-state index in [1.807, 2.05) is 0 Å². The fourth-order valence-corrected chi connectivity index (χ4v) is 8.30. The molecular weight excluding hydrogens is 481 g/mol. The van der Waals surface area contributed by atoms with Gasteiger partial charge in [0.25, 0.3) is 0 Å². The molecule has 0 N–H and O–H groups in total. The Morgan fingerprint density at radius 3 is 1.46 bits per heavy atom. The normalized spacial score (nSPS) is 17.9. The average Bonchev–Trinajstić information content (AvgIpc) is 2.61. The summed E-state index contributed by atoms with van der Waals surface area (Å²) in [5.74, 6) is 2.50. The van der Waals surface area contributed by atoms with Gasteiger partial charge in [0.1, 0.15) is 0 Å². The summed E-state index contributed by atoms with van der Waals surface area (Å²) in [7, 11) is -5.11. The number of hydrogen-bond acceptors (Lipinski definition) is 3. The third kappa shape index (κ3) is 20.2. The maximum atomic E-state index is 6.92. The van der Waals surface area contributed by atoms with Crippen molar-refractivity contribution in [3.8, 4) is 0 Å². The SMILES string of the molecule is CC(C)CCCC(C)CCCC(C)CCCC(C)(O[Si](C)(C)C)C(CO[Si](C)(C)C)O[Si](C)(C)C. The molecule has 3 nitrogen and oxygen atoms in total. The van der Waals surface area contributed by atoms with Crippen LogP contribution in [0, 0.1) is 17.8 Å². The van der Waals surface area contributed by atoms with E-state index in [-0.39, 0.29) is 11.7 Å². The van der Waals surface area contributed by atoms with Gasteiger partial charge in [0.15, 0.2) is 25.0 Å². The monoisotopic (exact) mass is 546 g/mol. The van der Waals surface area contributed by atoms with E-state index in [1.165, 1.54) is 51.4 Å². The van der Waals surface area contributed by atoms with Gasteiger partial charge in [0, 0.05) is 0 Å². The molecular formula is C29H66O3Si3. The molecule has 0 rings (SSSR count). The van der Waals surface area contributed by atoms with E-state index in [2.05, 4.69) is 93.5 Å². The Kier molecular flexibility index (Phi) is 16.1. The lowest BCUT2D eigenvalue weighted by atomic mass is 9.88. The highest BCUT2D eigenvalue weighted by Gasteiger charge is 2.42. The van der Waals surface area contributed by atoms with Crippen LogP contribution in [-0.4, -0.2) is 43.3 Å². The Morgan fingerprint density at radius 2 is 1.06 bits per heavy atom. The molecule has 0 aromatic heterocycles. The predicted octanol–water partition coefficient (Wildman–Crippen LogP) is 10.1. The maximum Gasteiger partial charge on any atom is 0.184 e. The van der Waals surface area contributed by atoms with Gasteiger partial charge in [-0.15, -0.1) is 0 Å². The minimum absolute atomic E-state index is 0.00890. The molecule has 0 aromatic rings. The first-order valence-corrected chi connectivity index (χ1v) is 25.0. The summed E-state index contributed by atoms with van der Waals surface area (Å²) >= 11 is 0. The van der Waals surface area contributed by atoms with Crippen molar-refractivity contribution in [1.82, 2.24) is 0 Å². The molecule has 0 aliphatic carbocycles. The van der Waals surface area contributed by atoms with E-state index in [0.717, 1.165) is 24.2 Å². The highest BCUT2D eigenvalue weighted by molar-refractivity contribution is 6.70. The van der Waals surface area contributed by atoms with Gasteiger partial charge in [0.05, 0.1) is 18.3 Å². The van der Waals surface area contributed by atoms with Crippen LogP contribution in [0.15, 0.2) is 0 Å². The average molecular weight is 547 g/mol. The first-order chi connectivity index (χ1) is 15.7. The summed E-state index contributed by atoms with van der Waals surface area (Å²) in [6.45, 7) is 33.1. The lowest BCUT2D eigenvalue weighted by molar-refractivity contribution is -0.0640. The lowest BCUT2D eigenvalue weighted by Gasteiger charge is -2.45. The van der Waals surface area contributed by atoms with Crippen LogP contribution in [-0.2, 0) is 13.3 Å². The molecule has 35 heavy (non-hydrogen) atoms. The van der Waals surface area contributed by atoms with E-state index in [0.29, 0.717) is 6.61 Å². The van der Waals surface area contributed by atoms with Crippen molar-refractivity contribution in [1.29, 1.82) is 0 Å². The Balaban J connectivity index is 4.96. The third-order valence-electron chi connectivity index (χ3n) is 6.63. The maximum absolute atomic E-state index is 6.92.